The largest absolute Gasteiger partial charge is 0.335 e. The Balaban J connectivity index is 1.78. The van der Waals surface area contributed by atoms with Gasteiger partial charge in [0.15, 0.2) is 15.7 Å². The highest BCUT2D eigenvalue weighted by Gasteiger charge is 2.34. The highest BCUT2D eigenvalue weighted by atomic mass is 32.2. The summed E-state index contributed by atoms with van der Waals surface area (Å²) in [4.78, 5) is 23.7. The molecule has 0 unspecified atom stereocenters. The van der Waals surface area contributed by atoms with Gasteiger partial charge in [-0.3, -0.25) is 4.79 Å². The molecule has 8 heteroatoms. The lowest BCUT2D eigenvalue weighted by atomic mass is 10.2. The maximum atomic E-state index is 12.6. The van der Waals surface area contributed by atoms with E-state index in [4.69, 9.17) is 0 Å². The highest BCUT2D eigenvalue weighted by molar-refractivity contribution is 7.91. The standard InChI is InChI=1S/C15H17N3O3S2/c1-2-18(12-5-7-23(20,21)10-12)15(19)11-8-16-14(17-9-11)13-4-3-6-22-13/h3-4,6,8-9,12H,2,5,7,10H2,1H3/t12-/m1/s1. The molecule has 6 nitrogen and oxygen atoms in total. The van der Waals surface area contributed by atoms with Crippen LogP contribution in [0.5, 0.6) is 0 Å². The summed E-state index contributed by atoms with van der Waals surface area (Å²) in [5.74, 6) is 0.561. The normalized spacial score (nSPS) is 19.6. The molecular formula is C15H17N3O3S2. The maximum absolute atomic E-state index is 12.6. The van der Waals surface area contributed by atoms with Crippen LogP contribution in [0.25, 0.3) is 10.7 Å². The van der Waals surface area contributed by atoms with E-state index in [9.17, 15) is 13.2 Å². The number of rotatable bonds is 4. The molecular weight excluding hydrogens is 334 g/mol. The maximum Gasteiger partial charge on any atom is 0.257 e. The van der Waals surface area contributed by atoms with Gasteiger partial charge in [-0.1, -0.05) is 6.07 Å². The van der Waals surface area contributed by atoms with E-state index in [2.05, 4.69) is 9.97 Å². The van der Waals surface area contributed by atoms with Crippen molar-refractivity contribution in [1.82, 2.24) is 14.9 Å². The molecule has 0 aromatic carbocycles. The SMILES string of the molecule is CCN(C(=O)c1cnc(-c2cccs2)nc1)[C@@H]1CCS(=O)(=O)C1. The molecule has 23 heavy (non-hydrogen) atoms. The number of hydrogen-bond donors (Lipinski definition) is 0. The van der Waals surface area contributed by atoms with E-state index >= 15 is 0 Å². The number of thiophene rings is 1. The summed E-state index contributed by atoms with van der Waals surface area (Å²) in [5, 5.41) is 1.94. The second-order valence-corrected chi connectivity index (χ2v) is 8.60. The number of nitrogens with zero attached hydrogens (tertiary/aromatic N) is 3. The smallest absolute Gasteiger partial charge is 0.257 e. The quantitative estimate of drug-likeness (QED) is 0.840. The Bertz CT molecular complexity index is 786. The Morgan fingerprint density at radius 1 is 1.39 bits per heavy atom. The molecule has 122 valence electrons. The minimum atomic E-state index is -3.03. The van der Waals surface area contributed by atoms with Gasteiger partial charge in [-0.2, -0.15) is 0 Å². The van der Waals surface area contributed by atoms with Crippen molar-refractivity contribution < 1.29 is 13.2 Å². The summed E-state index contributed by atoms with van der Waals surface area (Å²) in [7, 11) is -3.03. The lowest BCUT2D eigenvalue weighted by Gasteiger charge is -2.26. The van der Waals surface area contributed by atoms with Crippen LogP contribution in [0.4, 0.5) is 0 Å². The first-order chi connectivity index (χ1) is 11.0. The van der Waals surface area contributed by atoms with Crippen molar-refractivity contribution in [3.63, 3.8) is 0 Å². The van der Waals surface area contributed by atoms with Gasteiger partial charge in [0.05, 0.1) is 21.9 Å². The molecule has 1 aliphatic heterocycles. The van der Waals surface area contributed by atoms with Crippen LogP contribution in [-0.4, -0.2) is 53.3 Å². The molecule has 3 heterocycles. The van der Waals surface area contributed by atoms with E-state index in [1.54, 1.807) is 4.90 Å². The first-order valence-electron chi connectivity index (χ1n) is 7.37. The van der Waals surface area contributed by atoms with Gasteiger partial charge in [0.25, 0.3) is 5.91 Å². The van der Waals surface area contributed by atoms with Crippen LogP contribution in [0.15, 0.2) is 29.9 Å². The predicted octanol–water partition coefficient (Wildman–Crippen LogP) is 1.85. The van der Waals surface area contributed by atoms with Crippen LogP contribution in [0.2, 0.25) is 0 Å². The zero-order valence-electron chi connectivity index (χ0n) is 12.7. The molecule has 1 atom stereocenters. The molecule has 2 aromatic rings. The third-order valence-electron chi connectivity index (χ3n) is 3.89. The Morgan fingerprint density at radius 3 is 2.65 bits per heavy atom. The van der Waals surface area contributed by atoms with E-state index in [-0.39, 0.29) is 23.5 Å². The van der Waals surface area contributed by atoms with Crippen LogP contribution in [0.3, 0.4) is 0 Å². The lowest BCUT2D eigenvalue weighted by Crippen LogP contribution is -2.41. The van der Waals surface area contributed by atoms with Gasteiger partial charge in [-0.15, -0.1) is 11.3 Å². The van der Waals surface area contributed by atoms with Crippen molar-refractivity contribution in [3.8, 4) is 10.7 Å². The number of carbonyl (C=O) groups is 1. The highest BCUT2D eigenvalue weighted by Crippen LogP contribution is 2.22. The number of amides is 1. The topological polar surface area (TPSA) is 80.2 Å². The Hall–Kier alpha value is -1.80. The number of aromatic nitrogens is 2. The molecule has 1 amide bonds. The molecule has 0 radical (unpaired) electrons. The predicted molar refractivity (Wildman–Crippen MR) is 89.1 cm³/mol. The van der Waals surface area contributed by atoms with Gasteiger partial charge in [0.1, 0.15) is 0 Å². The molecule has 0 aliphatic carbocycles. The molecule has 0 saturated carbocycles. The molecule has 1 saturated heterocycles. The summed E-state index contributed by atoms with van der Waals surface area (Å²) in [6, 6.07) is 3.58. The Kier molecular flexibility index (Phi) is 4.45. The monoisotopic (exact) mass is 351 g/mol. The summed E-state index contributed by atoms with van der Waals surface area (Å²) >= 11 is 1.53. The van der Waals surface area contributed by atoms with Crippen LogP contribution in [-0.2, 0) is 9.84 Å². The molecule has 1 aliphatic rings. The van der Waals surface area contributed by atoms with Crippen molar-refractivity contribution in [2.75, 3.05) is 18.1 Å². The fourth-order valence-electron chi connectivity index (χ4n) is 2.73. The summed E-state index contributed by atoms with van der Waals surface area (Å²) in [5.41, 5.74) is 0.386. The third-order valence-corrected chi connectivity index (χ3v) is 6.51. The van der Waals surface area contributed by atoms with Gasteiger partial charge in [0.2, 0.25) is 0 Å². The minimum absolute atomic E-state index is 0.0424. The van der Waals surface area contributed by atoms with E-state index in [0.717, 1.165) is 4.88 Å². The molecule has 0 N–H and O–H groups in total. The molecule has 0 bridgehead atoms. The van der Waals surface area contributed by atoms with Crippen molar-refractivity contribution in [3.05, 3.63) is 35.5 Å². The lowest BCUT2D eigenvalue weighted by molar-refractivity contribution is 0.0707. The van der Waals surface area contributed by atoms with Crippen molar-refractivity contribution in [2.45, 2.75) is 19.4 Å². The van der Waals surface area contributed by atoms with E-state index in [1.165, 1.54) is 23.7 Å². The summed E-state index contributed by atoms with van der Waals surface area (Å²) in [6.45, 7) is 2.31. The van der Waals surface area contributed by atoms with Gasteiger partial charge in [-0.25, -0.2) is 18.4 Å². The number of hydrogen-bond acceptors (Lipinski definition) is 6. The van der Waals surface area contributed by atoms with Crippen LogP contribution < -0.4 is 0 Å². The van der Waals surface area contributed by atoms with E-state index in [1.807, 2.05) is 24.4 Å². The fourth-order valence-corrected chi connectivity index (χ4v) is 5.13. The number of carbonyl (C=O) groups excluding carboxylic acids is 1. The average molecular weight is 351 g/mol. The Morgan fingerprint density at radius 2 is 2.13 bits per heavy atom. The fraction of sp³-hybridized carbons (Fsp3) is 0.400. The molecule has 2 aromatic heterocycles. The van der Waals surface area contributed by atoms with E-state index in [0.29, 0.717) is 24.4 Å². The van der Waals surface area contributed by atoms with Crippen LogP contribution in [0, 0.1) is 0 Å². The van der Waals surface area contributed by atoms with Gasteiger partial charge in [-0.05, 0) is 24.8 Å². The molecule has 1 fully saturated rings. The summed E-state index contributed by atoms with van der Waals surface area (Å²) in [6.07, 6.45) is 3.52. The van der Waals surface area contributed by atoms with Crippen molar-refractivity contribution >= 4 is 27.1 Å². The first kappa shape index (κ1) is 16.1. The average Bonchev–Trinajstić information content (AvgIpc) is 3.18. The van der Waals surface area contributed by atoms with Crippen LogP contribution in [0.1, 0.15) is 23.7 Å². The minimum Gasteiger partial charge on any atom is -0.335 e. The van der Waals surface area contributed by atoms with E-state index < -0.39 is 9.84 Å². The molecule has 3 rings (SSSR count). The Labute approximate surface area is 139 Å². The van der Waals surface area contributed by atoms with Crippen molar-refractivity contribution in [1.29, 1.82) is 0 Å². The zero-order valence-corrected chi connectivity index (χ0v) is 14.3. The van der Waals surface area contributed by atoms with Crippen molar-refractivity contribution in [2.24, 2.45) is 0 Å². The molecule has 0 spiro atoms. The van der Waals surface area contributed by atoms with Gasteiger partial charge in [0, 0.05) is 25.0 Å². The second kappa shape index (κ2) is 6.37. The number of sulfone groups is 1. The zero-order chi connectivity index (χ0) is 16.4. The van der Waals surface area contributed by atoms with Gasteiger partial charge >= 0.3 is 0 Å². The van der Waals surface area contributed by atoms with Crippen LogP contribution >= 0.6 is 11.3 Å². The van der Waals surface area contributed by atoms with Gasteiger partial charge < -0.3 is 4.90 Å². The summed E-state index contributed by atoms with van der Waals surface area (Å²) < 4.78 is 23.3. The third kappa shape index (κ3) is 3.42. The second-order valence-electron chi connectivity index (χ2n) is 5.42. The first-order valence-corrected chi connectivity index (χ1v) is 10.1.